The van der Waals surface area contributed by atoms with Gasteiger partial charge < -0.3 is 10.2 Å². The molecule has 170 valence electrons. The van der Waals surface area contributed by atoms with Crippen LogP contribution < -0.4 is 10.2 Å². The summed E-state index contributed by atoms with van der Waals surface area (Å²) in [5.41, 5.74) is -1.15. The Labute approximate surface area is 189 Å². The minimum Gasteiger partial charge on any atom is -0.369 e. The number of terminal acetylenes is 1. The number of carbonyl (C=O) groups is 1. The lowest BCUT2D eigenvalue weighted by Crippen LogP contribution is -2.63. The van der Waals surface area contributed by atoms with E-state index in [1.165, 1.54) is 24.3 Å². The van der Waals surface area contributed by atoms with Crippen molar-refractivity contribution in [2.45, 2.75) is 17.8 Å². The summed E-state index contributed by atoms with van der Waals surface area (Å²) in [6.07, 6.45) is 8.67. The van der Waals surface area contributed by atoms with E-state index in [0.717, 1.165) is 11.6 Å². The summed E-state index contributed by atoms with van der Waals surface area (Å²) in [6.45, 7) is 1.27. The van der Waals surface area contributed by atoms with Gasteiger partial charge in [0.1, 0.15) is 11.4 Å². The zero-order valence-corrected chi connectivity index (χ0v) is 17.5. The molecule has 0 amide bonds. The summed E-state index contributed by atoms with van der Waals surface area (Å²) in [5.74, 6) is -0.385. The third-order valence-electron chi connectivity index (χ3n) is 6.08. The fourth-order valence-corrected chi connectivity index (χ4v) is 4.50. The van der Waals surface area contributed by atoms with Crippen molar-refractivity contribution in [2.24, 2.45) is 0 Å². The van der Waals surface area contributed by atoms with Crippen molar-refractivity contribution in [2.75, 3.05) is 24.5 Å². The molecule has 2 aromatic rings. The van der Waals surface area contributed by atoms with Gasteiger partial charge in [-0.05, 0) is 42.0 Å². The average molecular weight is 455 g/mol. The highest BCUT2D eigenvalue weighted by molar-refractivity contribution is 5.79. The number of nitrogens with one attached hydrogen (secondary N) is 1. The Morgan fingerprint density at radius 3 is 2.58 bits per heavy atom. The second-order valence-electron chi connectivity index (χ2n) is 7.87. The molecule has 2 heterocycles. The lowest BCUT2D eigenvalue weighted by Gasteiger charge is -2.49. The monoisotopic (exact) mass is 455 g/mol. The molecular weight excluding hydrogens is 434 g/mol. The normalized spacial score (nSPS) is 22.8. The van der Waals surface area contributed by atoms with Gasteiger partial charge in [-0.1, -0.05) is 30.7 Å². The zero-order valence-electron chi connectivity index (χ0n) is 17.5. The van der Waals surface area contributed by atoms with E-state index in [1.807, 2.05) is 17.1 Å². The Balaban J connectivity index is 1.74. The number of rotatable bonds is 4. The topological polar surface area (TPSA) is 35.6 Å². The average Bonchev–Trinajstić information content (AvgIpc) is 2.83. The van der Waals surface area contributed by atoms with Gasteiger partial charge >= 0.3 is 6.18 Å². The van der Waals surface area contributed by atoms with Crippen LogP contribution in [0.15, 0.2) is 66.9 Å². The van der Waals surface area contributed by atoms with Crippen LogP contribution in [0.2, 0.25) is 0 Å². The van der Waals surface area contributed by atoms with Crippen LogP contribution in [0, 0.1) is 18.3 Å². The molecule has 0 saturated carbocycles. The second-order valence-corrected chi connectivity index (χ2v) is 7.87. The van der Waals surface area contributed by atoms with E-state index < -0.39 is 22.8 Å². The van der Waals surface area contributed by atoms with Gasteiger partial charge in [-0.2, -0.15) is 13.2 Å². The van der Waals surface area contributed by atoms with E-state index in [0.29, 0.717) is 25.3 Å². The molecule has 2 aliphatic rings. The molecular formula is C25H21F4N3O. The molecule has 33 heavy (non-hydrogen) atoms. The summed E-state index contributed by atoms with van der Waals surface area (Å²) in [5, 5.41) is 3.44. The molecule has 0 bridgehead atoms. The van der Waals surface area contributed by atoms with Crippen molar-refractivity contribution in [1.29, 1.82) is 0 Å². The zero-order chi connectivity index (χ0) is 23.6. The van der Waals surface area contributed by atoms with Crippen molar-refractivity contribution < 1.29 is 22.4 Å². The highest BCUT2D eigenvalue weighted by Crippen LogP contribution is 2.39. The number of alkyl halides is 3. The van der Waals surface area contributed by atoms with Crippen LogP contribution in [0.1, 0.15) is 21.5 Å². The molecule has 2 unspecified atom stereocenters. The highest BCUT2D eigenvalue weighted by atomic mass is 19.4. The van der Waals surface area contributed by atoms with Gasteiger partial charge in [-0.15, -0.1) is 0 Å². The van der Waals surface area contributed by atoms with Crippen molar-refractivity contribution in [3.63, 3.8) is 0 Å². The van der Waals surface area contributed by atoms with E-state index in [1.54, 1.807) is 29.3 Å². The van der Waals surface area contributed by atoms with E-state index >= 15 is 0 Å². The van der Waals surface area contributed by atoms with Crippen LogP contribution in [-0.2, 0) is 11.7 Å². The van der Waals surface area contributed by atoms with Crippen molar-refractivity contribution in [3.05, 3.63) is 89.4 Å². The molecule has 2 aromatic carbocycles. The van der Waals surface area contributed by atoms with Crippen LogP contribution in [0.25, 0.3) is 0 Å². The maximum atomic E-state index is 13.7. The van der Waals surface area contributed by atoms with Gasteiger partial charge in [0.15, 0.2) is 6.29 Å². The number of allylic oxidation sites excluding steroid dienone is 2. The third-order valence-corrected chi connectivity index (χ3v) is 6.08. The molecule has 0 spiro atoms. The van der Waals surface area contributed by atoms with Gasteiger partial charge in [0, 0.05) is 43.1 Å². The van der Waals surface area contributed by atoms with Gasteiger partial charge in [-0.25, -0.2) is 4.39 Å². The standard InChI is InChI=1S/C25H21F4N3O/c1-2-32-13-4-3-11-24(32,19-6-8-20(26)9-7-19)23-16-31(14-12-30-23)21-10-5-18(17-33)22(15-21)25(27,28)29/h1,3-11,13,15,17,23,30H,12,14,16H2. The number of piperazine rings is 1. The Morgan fingerprint density at radius 1 is 1.15 bits per heavy atom. The molecule has 8 heteroatoms. The largest absolute Gasteiger partial charge is 0.417 e. The van der Waals surface area contributed by atoms with Gasteiger partial charge in [0.05, 0.1) is 11.6 Å². The summed E-state index contributed by atoms with van der Waals surface area (Å²) >= 11 is 0. The number of anilines is 1. The smallest absolute Gasteiger partial charge is 0.369 e. The molecule has 2 atom stereocenters. The molecule has 1 N–H and O–H groups in total. The first kappa shape index (κ1) is 22.6. The van der Waals surface area contributed by atoms with Crippen molar-refractivity contribution >= 4 is 12.0 Å². The Morgan fingerprint density at radius 2 is 1.91 bits per heavy atom. The van der Waals surface area contributed by atoms with Gasteiger partial charge in [0.2, 0.25) is 0 Å². The predicted molar refractivity (Wildman–Crippen MR) is 118 cm³/mol. The molecule has 4 rings (SSSR count). The summed E-state index contributed by atoms with van der Waals surface area (Å²) in [6, 6.07) is 12.1. The van der Waals surface area contributed by atoms with Crippen molar-refractivity contribution in [3.8, 4) is 12.5 Å². The number of halogens is 4. The second kappa shape index (κ2) is 8.75. The molecule has 1 saturated heterocycles. The minimum absolute atomic E-state index is 0.209. The van der Waals surface area contributed by atoms with E-state index in [2.05, 4.69) is 11.4 Å². The molecule has 2 aliphatic heterocycles. The molecule has 0 radical (unpaired) electrons. The quantitative estimate of drug-likeness (QED) is 0.424. The first-order chi connectivity index (χ1) is 15.8. The summed E-state index contributed by atoms with van der Waals surface area (Å²) < 4.78 is 54.1. The van der Waals surface area contributed by atoms with Gasteiger partial charge in [0.25, 0.3) is 0 Å². The first-order valence-electron chi connectivity index (χ1n) is 10.3. The van der Waals surface area contributed by atoms with Crippen LogP contribution >= 0.6 is 0 Å². The van der Waals surface area contributed by atoms with Crippen LogP contribution in [0.4, 0.5) is 23.2 Å². The third kappa shape index (κ3) is 4.12. The predicted octanol–water partition coefficient (Wildman–Crippen LogP) is 4.31. The van der Waals surface area contributed by atoms with Crippen LogP contribution in [0.5, 0.6) is 0 Å². The number of nitrogens with zero attached hydrogens (tertiary/aromatic N) is 2. The van der Waals surface area contributed by atoms with Crippen molar-refractivity contribution in [1.82, 2.24) is 10.2 Å². The van der Waals surface area contributed by atoms with E-state index in [4.69, 9.17) is 6.42 Å². The Bertz CT molecular complexity index is 1130. The molecule has 0 aromatic heterocycles. The number of aldehydes is 1. The molecule has 1 fully saturated rings. The maximum absolute atomic E-state index is 13.7. The Hall–Kier alpha value is -3.57. The number of carbonyl (C=O) groups excluding carboxylic acids is 1. The molecule has 0 aliphatic carbocycles. The Kier molecular flexibility index (Phi) is 6.00. The number of benzene rings is 2. The maximum Gasteiger partial charge on any atom is 0.417 e. The first-order valence-corrected chi connectivity index (χ1v) is 10.3. The number of hydrogen-bond acceptors (Lipinski definition) is 4. The van der Waals surface area contributed by atoms with Crippen LogP contribution in [0.3, 0.4) is 0 Å². The SMILES string of the molecule is C#CN1C=CC=CC1(c1ccc(F)cc1)C1CN(c2ccc(C=O)c(C(F)(F)F)c2)CCN1. The van der Waals surface area contributed by atoms with Gasteiger partial charge in [-0.3, -0.25) is 9.69 Å². The van der Waals surface area contributed by atoms with E-state index in [9.17, 15) is 22.4 Å². The van der Waals surface area contributed by atoms with E-state index in [-0.39, 0.29) is 18.1 Å². The summed E-state index contributed by atoms with van der Waals surface area (Å²) in [4.78, 5) is 14.6. The molecule has 4 nitrogen and oxygen atoms in total. The highest BCUT2D eigenvalue weighted by Gasteiger charge is 2.45. The lowest BCUT2D eigenvalue weighted by molar-refractivity contribution is -0.137. The van der Waals surface area contributed by atoms with Crippen LogP contribution in [-0.4, -0.2) is 36.9 Å². The fraction of sp³-hybridized carbons (Fsp3) is 0.240. The minimum atomic E-state index is -4.65. The lowest BCUT2D eigenvalue weighted by atomic mass is 9.78. The summed E-state index contributed by atoms with van der Waals surface area (Å²) in [7, 11) is 0. The number of hydrogen-bond donors (Lipinski definition) is 1. The fourth-order valence-electron chi connectivity index (χ4n) is 4.50.